The van der Waals surface area contributed by atoms with E-state index in [-0.39, 0.29) is 5.91 Å². The molecule has 3 rings (SSSR count). The Morgan fingerprint density at radius 2 is 1.69 bits per heavy atom. The molecule has 0 aliphatic carbocycles. The summed E-state index contributed by atoms with van der Waals surface area (Å²) in [5.74, 6) is 0.202. The SMILES string of the molecule is CC(=O)Nc1nc(CN2CCN(CC(=O)N3CCCCCC3)CC2)cs1. The number of nitrogens with zero attached hydrogens (tertiary/aromatic N) is 4. The summed E-state index contributed by atoms with van der Waals surface area (Å²) in [6.07, 6.45) is 4.80. The van der Waals surface area contributed by atoms with E-state index in [4.69, 9.17) is 0 Å². The summed E-state index contributed by atoms with van der Waals surface area (Å²) in [6, 6.07) is 0. The first-order valence-corrected chi connectivity index (χ1v) is 10.4. The molecule has 26 heavy (non-hydrogen) atoms. The second-order valence-electron chi connectivity index (χ2n) is 7.17. The number of piperazine rings is 1. The van der Waals surface area contributed by atoms with Crippen LogP contribution in [0.3, 0.4) is 0 Å². The molecule has 8 heteroatoms. The number of hydrogen-bond donors (Lipinski definition) is 1. The molecule has 2 aliphatic rings. The smallest absolute Gasteiger partial charge is 0.236 e. The van der Waals surface area contributed by atoms with E-state index in [2.05, 4.69) is 25.0 Å². The average molecular weight is 380 g/mol. The maximum Gasteiger partial charge on any atom is 0.236 e. The molecule has 0 aromatic carbocycles. The minimum atomic E-state index is -0.0893. The number of likely N-dealkylation sites (tertiary alicyclic amines) is 1. The van der Waals surface area contributed by atoms with Gasteiger partial charge in [-0.2, -0.15) is 0 Å². The molecule has 0 unspecified atom stereocenters. The van der Waals surface area contributed by atoms with Crippen molar-refractivity contribution >= 4 is 28.3 Å². The molecule has 0 atom stereocenters. The van der Waals surface area contributed by atoms with Crippen LogP contribution in [-0.2, 0) is 16.1 Å². The van der Waals surface area contributed by atoms with E-state index in [9.17, 15) is 9.59 Å². The molecule has 0 spiro atoms. The molecule has 1 aromatic rings. The van der Waals surface area contributed by atoms with Gasteiger partial charge in [-0.3, -0.25) is 19.4 Å². The van der Waals surface area contributed by atoms with Gasteiger partial charge in [-0.1, -0.05) is 12.8 Å². The van der Waals surface area contributed by atoms with Crippen molar-refractivity contribution in [3.63, 3.8) is 0 Å². The second kappa shape index (κ2) is 9.43. The van der Waals surface area contributed by atoms with Crippen molar-refractivity contribution in [2.24, 2.45) is 0 Å². The summed E-state index contributed by atoms with van der Waals surface area (Å²) in [7, 11) is 0. The van der Waals surface area contributed by atoms with Crippen molar-refractivity contribution in [3.8, 4) is 0 Å². The Balaban J connectivity index is 1.40. The summed E-state index contributed by atoms with van der Waals surface area (Å²) >= 11 is 1.46. The van der Waals surface area contributed by atoms with Crippen molar-refractivity contribution in [3.05, 3.63) is 11.1 Å². The van der Waals surface area contributed by atoms with E-state index in [1.807, 2.05) is 5.38 Å². The van der Waals surface area contributed by atoms with Gasteiger partial charge < -0.3 is 10.2 Å². The number of carbonyl (C=O) groups is 2. The summed E-state index contributed by atoms with van der Waals surface area (Å²) in [6.45, 7) is 8.43. The lowest BCUT2D eigenvalue weighted by Crippen LogP contribution is -2.49. The highest BCUT2D eigenvalue weighted by Gasteiger charge is 2.22. The first-order valence-electron chi connectivity index (χ1n) is 9.54. The van der Waals surface area contributed by atoms with Crippen molar-refractivity contribution in [2.45, 2.75) is 39.2 Å². The zero-order valence-corrected chi connectivity index (χ0v) is 16.4. The quantitative estimate of drug-likeness (QED) is 0.842. The van der Waals surface area contributed by atoms with Crippen LogP contribution in [0.25, 0.3) is 0 Å². The van der Waals surface area contributed by atoms with Gasteiger partial charge in [-0.25, -0.2) is 4.98 Å². The number of hydrogen-bond acceptors (Lipinski definition) is 6. The first-order chi connectivity index (χ1) is 12.6. The number of rotatable bonds is 5. The molecule has 2 fully saturated rings. The number of anilines is 1. The molecular weight excluding hydrogens is 350 g/mol. The summed E-state index contributed by atoms with van der Waals surface area (Å²) in [5.41, 5.74) is 0.993. The van der Waals surface area contributed by atoms with Crippen LogP contribution in [0.2, 0.25) is 0 Å². The van der Waals surface area contributed by atoms with Crippen LogP contribution in [-0.4, -0.2) is 77.3 Å². The molecule has 2 aliphatic heterocycles. The Kier molecular flexibility index (Phi) is 6.99. The van der Waals surface area contributed by atoms with E-state index in [1.54, 1.807) is 0 Å². The molecule has 3 heterocycles. The predicted molar refractivity (Wildman–Crippen MR) is 103 cm³/mol. The van der Waals surface area contributed by atoms with E-state index in [1.165, 1.54) is 31.1 Å². The monoisotopic (exact) mass is 379 g/mol. The van der Waals surface area contributed by atoms with Gasteiger partial charge in [0.05, 0.1) is 12.2 Å². The third-order valence-electron chi connectivity index (χ3n) is 5.00. The number of aromatic nitrogens is 1. The normalized spacial score (nSPS) is 20.0. The molecule has 0 bridgehead atoms. The molecule has 2 amide bonds. The lowest BCUT2D eigenvalue weighted by molar-refractivity contribution is -0.132. The van der Waals surface area contributed by atoms with Crippen LogP contribution < -0.4 is 5.32 Å². The summed E-state index contributed by atoms with van der Waals surface area (Å²) in [4.78, 5) is 34.7. The molecule has 0 radical (unpaired) electrons. The van der Waals surface area contributed by atoms with Gasteiger partial charge in [0.2, 0.25) is 11.8 Å². The van der Waals surface area contributed by atoms with Gasteiger partial charge in [0.15, 0.2) is 5.13 Å². The lowest BCUT2D eigenvalue weighted by Gasteiger charge is -2.35. The predicted octanol–water partition coefficient (Wildman–Crippen LogP) is 1.62. The van der Waals surface area contributed by atoms with Crippen molar-refractivity contribution in [1.29, 1.82) is 0 Å². The topological polar surface area (TPSA) is 68.8 Å². The maximum atomic E-state index is 12.5. The second-order valence-corrected chi connectivity index (χ2v) is 8.03. The lowest BCUT2D eigenvalue weighted by atomic mass is 10.2. The van der Waals surface area contributed by atoms with Gasteiger partial charge in [0, 0.05) is 58.1 Å². The van der Waals surface area contributed by atoms with Gasteiger partial charge in [0.1, 0.15) is 0 Å². The van der Waals surface area contributed by atoms with Crippen molar-refractivity contribution < 1.29 is 9.59 Å². The molecule has 144 valence electrons. The molecule has 7 nitrogen and oxygen atoms in total. The Labute approximate surface area is 159 Å². The summed E-state index contributed by atoms with van der Waals surface area (Å²) in [5, 5.41) is 5.39. The van der Waals surface area contributed by atoms with E-state index < -0.39 is 0 Å². The van der Waals surface area contributed by atoms with Crippen molar-refractivity contribution in [2.75, 3.05) is 51.1 Å². The standard InChI is InChI=1S/C18H29N5O2S/c1-15(24)19-18-20-16(14-26-18)12-21-8-10-22(11-9-21)13-17(25)23-6-4-2-3-5-7-23/h14H,2-13H2,1H3,(H,19,20,24). The molecule has 1 N–H and O–H groups in total. The van der Waals surface area contributed by atoms with Gasteiger partial charge in [0.25, 0.3) is 0 Å². The fraction of sp³-hybridized carbons (Fsp3) is 0.722. The van der Waals surface area contributed by atoms with Crippen LogP contribution in [0, 0.1) is 0 Å². The van der Waals surface area contributed by atoms with Crippen molar-refractivity contribution in [1.82, 2.24) is 19.7 Å². The van der Waals surface area contributed by atoms with Gasteiger partial charge >= 0.3 is 0 Å². The van der Waals surface area contributed by atoms with Crippen LogP contribution in [0.1, 0.15) is 38.3 Å². The van der Waals surface area contributed by atoms with Crippen LogP contribution in [0.5, 0.6) is 0 Å². The van der Waals surface area contributed by atoms with Gasteiger partial charge in [-0.15, -0.1) is 11.3 Å². The van der Waals surface area contributed by atoms with E-state index in [0.717, 1.165) is 64.3 Å². The summed E-state index contributed by atoms with van der Waals surface area (Å²) < 4.78 is 0. The highest BCUT2D eigenvalue weighted by Crippen LogP contribution is 2.17. The largest absolute Gasteiger partial charge is 0.342 e. The average Bonchev–Trinajstić information content (AvgIpc) is 2.87. The number of thiazole rings is 1. The third kappa shape index (κ3) is 5.75. The minimum Gasteiger partial charge on any atom is -0.342 e. The van der Waals surface area contributed by atoms with Gasteiger partial charge in [-0.05, 0) is 12.8 Å². The Morgan fingerprint density at radius 1 is 1.04 bits per heavy atom. The molecule has 2 saturated heterocycles. The molecule has 1 aromatic heterocycles. The van der Waals surface area contributed by atoms with E-state index >= 15 is 0 Å². The number of amides is 2. The zero-order chi connectivity index (χ0) is 18.4. The highest BCUT2D eigenvalue weighted by atomic mass is 32.1. The number of nitrogens with one attached hydrogen (secondary N) is 1. The fourth-order valence-corrected chi connectivity index (χ4v) is 4.28. The van der Waals surface area contributed by atoms with Crippen LogP contribution >= 0.6 is 11.3 Å². The Bertz CT molecular complexity index is 604. The Morgan fingerprint density at radius 3 is 2.35 bits per heavy atom. The maximum absolute atomic E-state index is 12.5. The van der Waals surface area contributed by atoms with E-state index in [0.29, 0.717) is 17.6 Å². The molecular formula is C18H29N5O2S. The highest BCUT2D eigenvalue weighted by molar-refractivity contribution is 7.13. The fourth-order valence-electron chi connectivity index (χ4n) is 3.53. The minimum absolute atomic E-state index is 0.0893. The zero-order valence-electron chi connectivity index (χ0n) is 15.6. The Hall–Kier alpha value is -1.51. The first kappa shape index (κ1) is 19.3. The third-order valence-corrected chi connectivity index (χ3v) is 5.81. The van der Waals surface area contributed by atoms with Crippen LogP contribution in [0.4, 0.5) is 5.13 Å². The molecule has 0 saturated carbocycles. The number of carbonyl (C=O) groups excluding carboxylic acids is 2. The van der Waals surface area contributed by atoms with Crippen LogP contribution in [0.15, 0.2) is 5.38 Å².